The molecule has 0 saturated carbocycles. The van der Waals surface area contributed by atoms with E-state index in [2.05, 4.69) is 51.3 Å². The third kappa shape index (κ3) is 20.6. The van der Waals surface area contributed by atoms with Gasteiger partial charge in [0.2, 0.25) is 0 Å². The van der Waals surface area contributed by atoms with E-state index in [1.165, 1.54) is 46.2 Å². The molecule has 0 fully saturated rings. The summed E-state index contributed by atoms with van der Waals surface area (Å²) in [5.74, 6) is -2.45. The zero-order chi connectivity index (χ0) is 18.8. The summed E-state index contributed by atoms with van der Waals surface area (Å²) >= 11 is 0. The molecule has 0 saturated heterocycles. The predicted octanol–water partition coefficient (Wildman–Crippen LogP) is 2.80. The third-order valence-electron chi connectivity index (χ3n) is 3.36. The average molecular weight is 332 g/mol. The van der Waals surface area contributed by atoms with Gasteiger partial charge in [-0.3, -0.25) is 0 Å². The van der Waals surface area contributed by atoms with Crippen molar-refractivity contribution < 1.29 is 19.8 Å². The first-order valence-corrected chi connectivity index (χ1v) is 8.32. The average Bonchev–Trinajstić information content (AvgIpc) is 2.51. The van der Waals surface area contributed by atoms with Crippen LogP contribution >= 0.6 is 0 Å². The van der Waals surface area contributed by atoms with E-state index in [4.69, 9.17) is 10.2 Å². The lowest BCUT2D eigenvalue weighted by Gasteiger charge is -2.13. The van der Waals surface area contributed by atoms with Crippen LogP contribution in [0, 0.1) is 0 Å². The first-order chi connectivity index (χ1) is 10.7. The number of hydrogen-bond donors (Lipinski definition) is 2. The fraction of sp³-hybridized carbons (Fsp3) is 0.765. The van der Waals surface area contributed by atoms with E-state index in [1.807, 2.05) is 0 Å². The summed E-state index contributed by atoms with van der Waals surface area (Å²) < 4.78 is 0. The first kappa shape index (κ1) is 26.5. The number of carboxylic acid groups (broad SMARTS) is 2. The topological polar surface area (TPSA) is 81.1 Å². The Bertz CT molecular complexity index is 300. The number of hydrogen-bond acceptors (Lipinski definition) is 4. The van der Waals surface area contributed by atoms with Crippen molar-refractivity contribution in [3.05, 3.63) is 11.6 Å². The molecule has 0 aromatic heterocycles. The quantitative estimate of drug-likeness (QED) is 0.665. The van der Waals surface area contributed by atoms with E-state index in [9.17, 15) is 9.59 Å². The van der Waals surface area contributed by atoms with Crippen molar-refractivity contribution in [2.45, 2.75) is 48.5 Å². The minimum Gasteiger partial charge on any atom is -0.478 e. The van der Waals surface area contributed by atoms with Gasteiger partial charge < -0.3 is 20.0 Å². The molecule has 0 aliphatic carbocycles. The van der Waals surface area contributed by atoms with Crippen LogP contribution in [-0.4, -0.2) is 71.2 Å². The van der Waals surface area contributed by atoms with Crippen LogP contribution < -0.4 is 0 Å². The lowest BCUT2D eigenvalue weighted by Crippen LogP contribution is -2.21. The van der Waals surface area contributed by atoms with Gasteiger partial charge in [-0.2, -0.15) is 0 Å². The maximum atomic E-state index is 9.90. The Kier molecular flexibility index (Phi) is 21.5. The lowest BCUT2D eigenvalue weighted by molar-refractivity contribution is -0.135. The molecule has 0 radical (unpaired) electrons. The molecule has 6 heteroatoms. The monoisotopic (exact) mass is 332 g/mol. The highest BCUT2D eigenvalue weighted by atomic mass is 16.4. The first-order valence-electron chi connectivity index (χ1n) is 8.32. The number of carbonyl (C=O) groups is 2. The highest BCUT2D eigenvalue weighted by Crippen LogP contribution is 1.89. The van der Waals surface area contributed by atoms with Crippen LogP contribution in [-0.2, 0) is 9.59 Å². The minimum atomic E-state index is -1.24. The predicted molar refractivity (Wildman–Crippen MR) is 96.0 cm³/mol. The van der Waals surface area contributed by atoms with Gasteiger partial charge in [0, 0.05) is 11.6 Å². The summed E-state index contributed by atoms with van der Waals surface area (Å²) in [7, 11) is 0. The molecule has 0 aromatic carbocycles. The van der Waals surface area contributed by atoms with Gasteiger partial charge in [0.1, 0.15) is 0 Å². The van der Waals surface area contributed by atoms with Gasteiger partial charge in [0.15, 0.2) is 0 Å². The van der Waals surface area contributed by atoms with Crippen molar-refractivity contribution in [1.29, 1.82) is 0 Å². The Morgan fingerprint density at radius 2 is 1.00 bits per heavy atom. The van der Waals surface area contributed by atoms with Gasteiger partial charge in [0.05, 0.1) is 0 Å². The minimum absolute atomic E-state index is 0.178. The molecule has 0 atom stereocenters. The molecule has 0 unspecified atom stereocenters. The molecule has 138 valence electrons. The van der Waals surface area contributed by atoms with Crippen LogP contribution in [0.5, 0.6) is 0 Å². The van der Waals surface area contributed by atoms with Gasteiger partial charge in [-0.1, -0.05) is 41.5 Å². The molecule has 0 rings (SSSR count). The van der Waals surface area contributed by atoms with Crippen LogP contribution in [0.3, 0.4) is 0 Å². The molecule has 2 N–H and O–H groups in total. The summed E-state index contributed by atoms with van der Waals surface area (Å²) in [6, 6.07) is 0. The fourth-order valence-electron chi connectivity index (χ4n) is 1.59. The van der Waals surface area contributed by atoms with E-state index < -0.39 is 11.9 Å². The fourth-order valence-corrected chi connectivity index (χ4v) is 1.59. The van der Waals surface area contributed by atoms with Crippen LogP contribution in [0.15, 0.2) is 11.6 Å². The van der Waals surface area contributed by atoms with Crippen LogP contribution in [0.25, 0.3) is 0 Å². The number of carboxylic acids is 2. The van der Waals surface area contributed by atoms with Crippen LogP contribution in [0.1, 0.15) is 48.5 Å². The SMILES string of the molecule is CC(=CC(=O)O)C(=O)O.CCN(CC)CC.CCN(CC)CC. The Hall–Kier alpha value is -1.40. The number of rotatable bonds is 8. The molecule has 0 spiro atoms. The van der Waals surface area contributed by atoms with Crippen LogP contribution in [0.4, 0.5) is 0 Å². The summed E-state index contributed by atoms with van der Waals surface area (Å²) in [4.78, 5) is 24.4. The van der Waals surface area contributed by atoms with Crippen molar-refractivity contribution in [3.63, 3.8) is 0 Å². The van der Waals surface area contributed by atoms with Crippen molar-refractivity contribution in [2.75, 3.05) is 39.3 Å². The standard InChI is InChI=1S/2C6H15N.C5H6O4/c2*1-4-7(5-2)6-3;1-3(5(8)9)2-4(6)7/h2*4-6H2,1-3H3;2H,1H3,(H,6,7)(H,8,9). The molecular weight excluding hydrogens is 296 g/mol. The van der Waals surface area contributed by atoms with E-state index in [1.54, 1.807) is 0 Å². The third-order valence-corrected chi connectivity index (χ3v) is 3.36. The molecule has 0 amide bonds. The van der Waals surface area contributed by atoms with Crippen molar-refractivity contribution >= 4 is 11.9 Å². The summed E-state index contributed by atoms with van der Waals surface area (Å²) in [6.07, 6.45) is 0.641. The smallest absolute Gasteiger partial charge is 0.331 e. The highest BCUT2D eigenvalue weighted by Gasteiger charge is 2.00. The van der Waals surface area contributed by atoms with E-state index in [-0.39, 0.29) is 5.57 Å². The summed E-state index contributed by atoms with van der Waals surface area (Å²) in [5.41, 5.74) is -0.178. The Balaban J connectivity index is -0.000000264. The van der Waals surface area contributed by atoms with Gasteiger partial charge in [0.25, 0.3) is 0 Å². The summed E-state index contributed by atoms with van der Waals surface area (Å²) in [6.45, 7) is 21.5. The maximum Gasteiger partial charge on any atom is 0.331 e. The van der Waals surface area contributed by atoms with Crippen molar-refractivity contribution in [1.82, 2.24) is 9.80 Å². The second-order valence-corrected chi connectivity index (χ2v) is 4.71. The van der Waals surface area contributed by atoms with E-state index in [0.717, 1.165) is 0 Å². The van der Waals surface area contributed by atoms with Gasteiger partial charge in [-0.25, -0.2) is 9.59 Å². The highest BCUT2D eigenvalue weighted by molar-refractivity contribution is 5.93. The zero-order valence-corrected chi connectivity index (χ0v) is 15.9. The zero-order valence-electron chi connectivity index (χ0n) is 15.9. The Morgan fingerprint density at radius 3 is 1.04 bits per heavy atom. The molecule has 0 aliphatic rings. The number of aliphatic carboxylic acids is 2. The molecule has 0 bridgehead atoms. The van der Waals surface area contributed by atoms with Gasteiger partial charge in [-0.05, 0) is 46.2 Å². The largest absolute Gasteiger partial charge is 0.478 e. The van der Waals surface area contributed by atoms with Crippen LogP contribution in [0.2, 0.25) is 0 Å². The lowest BCUT2D eigenvalue weighted by atomic mass is 10.3. The second kappa shape index (κ2) is 18.6. The normalized spacial score (nSPS) is 10.6. The molecule has 0 heterocycles. The molecular formula is C17H36N2O4. The van der Waals surface area contributed by atoms with E-state index >= 15 is 0 Å². The van der Waals surface area contributed by atoms with Crippen molar-refractivity contribution in [3.8, 4) is 0 Å². The maximum absolute atomic E-state index is 9.90. The summed E-state index contributed by atoms with van der Waals surface area (Å²) in [5, 5.41) is 16.1. The Morgan fingerprint density at radius 1 is 0.739 bits per heavy atom. The molecule has 0 aromatic rings. The molecule has 23 heavy (non-hydrogen) atoms. The second-order valence-electron chi connectivity index (χ2n) is 4.71. The number of nitrogens with zero attached hydrogens (tertiary/aromatic N) is 2. The van der Waals surface area contributed by atoms with Gasteiger partial charge in [-0.15, -0.1) is 0 Å². The van der Waals surface area contributed by atoms with E-state index in [0.29, 0.717) is 6.08 Å². The molecule has 0 aliphatic heterocycles. The Labute approximate surface area is 141 Å². The van der Waals surface area contributed by atoms with Gasteiger partial charge >= 0.3 is 11.9 Å². The van der Waals surface area contributed by atoms with Crippen molar-refractivity contribution in [2.24, 2.45) is 0 Å². The molecule has 6 nitrogen and oxygen atoms in total.